The van der Waals surface area contributed by atoms with Crippen LogP contribution in [0.1, 0.15) is 53.9 Å². The molecule has 3 heterocycles. The van der Waals surface area contributed by atoms with Crippen molar-refractivity contribution in [3.8, 4) is 28.9 Å². The summed E-state index contributed by atoms with van der Waals surface area (Å²) in [4.78, 5) is 13.8. The van der Waals surface area contributed by atoms with E-state index in [1.54, 1.807) is 12.3 Å². The maximum absolute atomic E-state index is 14.7. The predicted octanol–water partition coefficient (Wildman–Crippen LogP) is 4.92. The highest BCUT2D eigenvalue weighted by atomic mass is 19.1. The Morgan fingerprint density at radius 1 is 1.17 bits per heavy atom. The SMILES string of the molecule is Cc1cccc(F)c1-c1cc2c(nn1)[C@@]1(c3cncc(-c4nc(CC#N)co4)n3)CC3[C@@H]2CC31C. The number of nitriles is 1. The smallest absolute Gasteiger partial charge is 0.246 e. The molecule has 35 heavy (non-hydrogen) atoms. The van der Waals surface area contributed by atoms with Gasteiger partial charge in [0, 0.05) is 11.8 Å². The molecular formula is C27H21FN6O. The van der Waals surface area contributed by atoms with Gasteiger partial charge in [-0.15, -0.1) is 0 Å². The fourth-order valence-electron chi connectivity index (χ4n) is 6.90. The van der Waals surface area contributed by atoms with Gasteiger partial charge in [-0.25, -0.2) is 14.4 Å². The van der Waals surface area contributed by atoms with Crippen LogP contribution < -0.4 is 0 Å². The minimum atomic E-state index is -0.400. The Hall–Kier alpha value is -3.99. The van der Waals surface area contributed by atoms with E-state index in [2.05, 4.69) is 28.1 Å². The van der Waals surface area contributed by atoms with Gasteiger partial charge >= 0.3 is 0 Å². The second kappa shape index (κ2) is 6.79. The molecule has 2 fully saturated rings. The number of aromatic nitrogens is 5. The quantitative estimate of drug-likeness (QED) is 0.423. The van der Waals surface area contributed by atoms with Gasteiger partial charge in [-0.05, 0) is 60.3 Å². The van der Waals surface area contributed by atoms with E-state index in [0.717, 1.165) is 35.4 Å². The first-order valence-electron chi connectivity index (χ1n) is 11.7. The average Bonchev–Trinajstić information content (AvgIpc) is 3.33. The molecule has 4 bridgehead atoms. The minimum absolute atomic E-state index is 0.0324. The molecule has 0 amide bonds. The molecule has 3 aromatic heterocycles. The van der Waals surface area contributed by atoms with E-state index in [4.69, 9.17) is 19.8 Å². The van der Waals surface area contributed by atoms with Gasteiger partial charge in [0.25, 0.3) is 0 Å². The fourth-order valence-corrected chi connectivity index (χ4v) is 6.90. The number of fused-ring (bicyclic) bond motifs is 3. The average molecular weight is 465 g/mol. The summed E-state index contributed by atoms with van der Waals surface area (Å²) in [6.45, 7) is 4.20. The number of benzene rings is 1. The maximum Gasteiger partial charge on any atom is 0.246 e. The van der Waals surface area contributed by atoms with Crippen LogP contribution in [-0.4, -0.2) is 25.1 Å². The molecule has 2 unspecified atom stereocenters. The number of nitrogens with zero attached hydrogens (tertiary/aromatic N) is 6. The van der Waals surface area contributed by atoms with E-state index >= 15 is 0 Å². The van der Waals surface area contributed by atoms with Gasteiger partial charge in [-0.2, -0.15) is 15.5 Å². The van der Waals surface area contributed by atoms with Crippen molar-refractivity contribution in [2.45, 2.75) is 44.4 Å². The lowest BCUT2D eigenvalue weighted by Gasteiger charge is -2.76. The molecule has 172 valence electrons. The zero-order valence-corrected chi connectivity index (χ0v) is 19.3. The highest BCUT2D eigenvalue weighted by Crippen LogP contribution is 2.81. The zero-order chi connectivity index (χ0) is 23.9. The van der Waals surface area contributed by atoms with Crippen molar-refractivity contribution in [2.75, 3.05) is 0 Å². The molecule has 3 aliphatic rings. The van der Waals surface area contributed by atoms with Gasteiger partial charge in [-0.3, -0.25) is 4.98 Å². The standard InChI is InChI=1S/C27H21FN6O/c1-14-4-3-5-19(28)23(14)20-8-16-17-9-26(2)18(17)10-27(26,24(16)34-33-20)22-12-30-11-21(32-22)25-31-15(6-7-29)13-35-25/h3-5,8,11-13,17-18H,6,9-10H2,1-2H3/t17-,18?,26?,27+/m1/s1. The van der Waals surface area contributed by atoms with E-state index in [-0.39, 0.29) is 17.7 Å². The molecule has 2 saturated carbocycles. The van der Waals surface area contributed by atoms with Crippen molar-refractivity contribution in [2.24, 2.45) is 11.3 Å². The first-order chi connectivity index (χ1) is 17.0. The van der Waals surface area contributed by atoms with Crippen molar-refractivity contribution < 1.29 is 8.81 Å². The van der Waals surface area contributed by atoms with Gasteiger partial charge in [0.15, 0.2) is 0 Å². The number of rotatable bonds is 4. The summed E-state index contributed by atoms with van der Waals surface area (Å²) >= 11 is 0. The molecule has 7 rings (SSSR count). The Morgan fingerprint density at radius 2 is 2.06 bits per heavy atom. The van der Waals surface area contributed by atoms with Gasteiger partial charge in [0.2, 0.25) is 5.89 Å². The van der Waals surface area contributed by atoms with Crippen molar-refractivity contribution in [3.63, 3.8) is 0 Å². The van der Waals surface area contributed by atoms with Crippen LogP contribution in [0.3, 0.4) is 0 Å². The molecule has 3 aliphatic carbocycles. The van der Waals surface area contributed by atoms with Crippen LogP contribution in [0.2, 0.25) is 0 Å². The Balaban J connectivity index is 1.36. The van der Waals surface area contributed by atoms with Gasteiger partial charge in [-0.1, -0.05) is 19.1 Å². The molecule has 1 aromatic carbocycles. The molecule has 0 spiro atoms. The van der Waals surface area contributed by atoms with Crippen molar-refractivity contribution in [1.29, 1.82) is 5.26 Å². The number of aryl methyl sites for hydroxylation is 1. The van der Waals surface area contributed by atoms with Crippen LogP contribution >= 0.6 is 0 Å². The molecule has 7 nitrogen and oxygen atoms in total. The van der Waals surface area contributed by atoms with E-state index in [0.29, 0.717) is 40.4 Å². The molecule has 0 aliphatic heterocycles. The normalized spacial score (nSPS) is 27.4. The lowest BCUT2D eigenvalue weighted by atomic mass is 9.26. The van der Waals surface area contributed by atoms with E-state index in [1.807, 2.05) is 25.3 Å². The highest BCUT2D eigenvalue weighted by Gasteiger charge is 2.77. The van der Waals surface area contributed by atoms with E-state index < -0.39 is 5.41 Å². The second-order valence-corrected chi connectivity index (χ2v) is 10.2. The molecule has 0 N–H and O–H groups in total. The first-order valence-corrected chi connectivity index (χ1v) is 11.7. The zero-order valence-electron chi connectivity index (χ0n) is 19.3. The molecule has 4 atom stereocenters. The van der Waals surface area contributed by atoms with Crippen molar-refractivity contribution in [3.05, 3.63) is 76.9 Å². The van der Waals surface area contributed by atoms with Crippen LogP contribution in [0.4, 0.5) is 4.39 Å². The number of hydrogen-bond acceptors (Lipinski definition) is 7. The van der Waals surface area contributed by atoms with E-state index in [1.165, 1.54) is 12.3 Å². The minimum Gasteiger partial charge on any atom is -0.443 e. The molecule has 8 heteroatoms. The fraction of sp³-hybridized carbons (Fsp3) is 0.333. The highest BCUT2D eigenvalue weighted by molar-refractivity contribution is 5.67. The summed E-state index contributed by atoms with van der Waals surface area (Å²) in [5.41, 5.74) is 5.57. The van der Waals surface area contributed by atoms with E-state index in [9.17, 15) is 4.39 Å². The first kappa shape index (κ1) is 20.4. The summed E-state index contributed by atoms with van der Waals surface area (Å²) in [6, 6.07) is 9.19. The largest absolute Gasteiger partial charge is 0.443 e. The van der Waals surface area contributed by atoms with Gasteiger partial charge in [0.05, 0.1) is 46.9 Å². The summed E-state index contributed by atoms with van der Waals surface area (Å²) in [7, 11) is 0. The predicted molar refractivity (Wildman–Crippen MR) is 123 cm³/mol. The van der Waals surface area contributed by atoms with Crippen LogP contribution in [0.5, 0.6) is 0 Å². The monoisotopic (exact) mass is 464 g/mol. The number of oxazole rings is 1. The Bertz CT molecular complexity index is 1550. The van der Waals surface area contributed by atoms with Crippen molar-refractivity contribution in [1.82, 2.24) is 25.1 Å². The molecule has 0 saturated heterocycles. The third-order valence-electron chi connectivity index (χ3n) is 8.66. The van der Waals surface area contributed by atoms with Crippen LogP contribution in [0, 0.1) is 35.4 Å². The maximum atomic E-state index is 14.7. The summed E-state index contributed by atoms with van der Waals surface area (Å²) < 4.78 is 20.3. The molecule has 0 radical (unpaired) electrons. The van der Waals surface area contributed by atoms with Crippen molar-refractivity contribution >= 4 is 0 Å². The summed E-state index contributed by atoms with van der Waals surface area (Å²) in [5, 5.41) is 18.2. The third kappa shape index (κ3) is 2.45. The Morgan fingerprint density at radius 3 is 2.83 bits per heavy atom. The summed E-state index contributed by atoms with van der Waals surface area (Å²) in [5.74, 6) is 1.01. The molecular weight excluding hydrogens is 443 g/mol. The Labute approximate surface area is 201 Å². The molecule has 4 aromatic rings. The van der Waals surface area contributed by atoms with Crippen LogP contribution in [0.15, 0.2) is 47.3 Å². The van der Waals surface area contributed by atoms with Gasteiger partial charge in [0.1, 0.15) is 17.8 Å². The summed E-state index contributed by atoms with van der Waals surface area (Å²) in [6.07, 6.45) is 7.07. The second-order valence-electron chi connectivity index (χ2n) is 10.2. The van der Waals surface area contributed by atoms with Crippen LogP contribution in [0.25, 0.3) is 22.8 Å². The number of hydrogen-bond donors (Lipinski definition) is 0. The lowest BCUT2D eigenvalue weighted by Crippen LogP contribution is -2.73. The third-order valence-corrected chi connectivity index (χ3v) is 8.66. The lowest BCUT2D eigenvalue weighted by molar-refractivity contribution is -0.175. The Kier molecular flexibility index (Phi) is 3.95. The van der Waals surface area contributed by atoms with Crippen LogP contribution in [-0.2, 0) is 11.8 Å². The number of halogens is 1. The van der Waals surface area contributed by atoms with Gasteiger partial charge < -0.3 is 4.42 Å². The topological polar surface area (TPSA) is 101 Å².